The number of rotatable bonds is 15. The van der Waals surface area contributed by atoms with Gasteiger partial charge in [-0.1, -0.05) is 65.0 Å². The van der Waals surface area contributed by atoms with Crippen molar-refractivity contribution in [3.05, 3.63) is 76.2 Å². The number of urea groups is 1. The van der Waals surface area contributed by atoms with Gasteiger partial charge in [-0.15, -0.1) is 11.3 Å². The molecule has 0 aliphatic carbocycles. The summed E-state index contributed by atoms with van der Waals surface area (Å²) >= 11 is 1.53. The number of amides is 3. The molecule has 48 heavy (non-hydrogen) atoms. The van der Waals surface area contributed by atoms with Crippen LogP contribution in [-0.4, -0.2) is 96.0 Å². The number of carbonyl (C=O) groups excluding carboxylic acids is 2. The van der Waals surface area contributed by atoms with E-state index >= 15 is 0 Å². The molecule has 0 spiro atoms. The van der Waals surface area contributed by atoms with Gasteiger partial charge in [-0.05, 0) is 54.5 Å². The lowest BCUT2D eigenvalue weighted by atomic mass is 9.84. The number of thiazole rings is 1. The first-order valence-corrected chi connectivity index (χ1v) is 18.5. The van der Waals surface area contributed by atoms with E-state index < -0.39 is 39.5 Å². The standard InChI is InChI=1S/C35H49N5O6S2/c1-24(2)20-39(48(44,45)29-15-13-28(46-7)14-16-29)22-31(41)30(19-26-11-9-8-10-12-26)37-33(42)32(35(4,5)6)40-18-17-38(34(40)43)21-27-23-47-25(3)36-27/h8-16,23-24,30-32,41H,17-22H2,1-7H3,(H,37,42)/t30-,31+,32+/m0/s1. The van der Waals surface area contributed by atoms with E-state index in [4.69, 9.17) is 4.74 Å². The number of hydrogen-bond donors (Lipinski definition) is 2. The molecule has 0 unspecified atom stereocenters. The van der Waals surface area contributed by atoms with Gasteiger partial charge in [0.15, 0.2) is 0 Å². The van der Waals surface area contributed by atoms with Crippen molar-refractivity contribution in [2.75, 3.05) is 33.3 Å². The zero-order chi connectivity index (χ0) is 35.2. The first-order valence-electron chi connectivity index (χ1n) is 16.2. The first kappa shape index (κ1) is 37.3. The second-order valence-electron chi connectivity index (χ2n) is 13.8. The van der Waals surface area contributed by atoms with Gasteiger partial charge in [0, 0.05) is 31.6 Å². The van der Waals surface area contributed by atoms with E-state index in [1.807, 2.05) is 77.3 Å². The maximum Gasteiger partial charge on any atom is 0.321 e. The lowest BCUT2D eigenvalue weighted by molar-refractivity contribution is -0.130. The third-order valence-corrected chi connectivity index (χ3v) is 10.9. The van der Waals surface area contributed by atoms with E-state index in [0.717, 1.165) is 16.3 Å². The molecule has 2 N–H and O–H groups in total. The van der Waals surface area contributed by atoms with Crippen LogP contribution in [-0.2, 0) is 27.8 Å². The van der Waals surface area contributed by atoms with Crippen molar-refractivity contribution in [1.29, 1.82) is 0 Å². The molecule has 1 aromatic heterocycles. The molecular weight excluding hydrogens is 651 g/mol. The number of nitrogens with one attached hydrogen (secondary N) is 1. The fourth-order valence-electron chi connectivity index (χ4n) is 5.99. The van der Waals surface area contributed by atoms with Gasteiger partial charge >= 0.3 is 6.03 Å². The molecule has 0 radical (unpaired) electrons. The van der Waals surface area contributed by atoms with Gasteiger partial charge < -0.3 is 25.0 Å². The second kappa shape index (κ2) is 15.8. The topological polar surface area (TPSA) is 132 Å². The van der Waals surface area contributed by atoms with Crippen molar-refractivity contribution in [2.24, 2.45) is 11.3 Å². The average Bonchev–Trinajstić information content (AvgIpc) is 3.60. The highest BCUT2D eigenvalue weighted by Crippen LogP contribution is 2.29. The molecule has 4 rings (SSSR count). The van der Waals surface area contributed by atoms with Crippen molar-refractivity contribution in [1.82, 2.24) is 24.4 Å². The van der Waals surface area contributed by atoms with Gasteiger partial charge in [-0.3, -0.25) is 4.79 Å². The summed E-state index contributed by atoms with van der Waals surface area (Å²) in [6.07, 6.45) is -1.01. The van der Waals surface area contributed by atoms with Crippen LogP contribution < -0.4 is 10.1 Å². The van der Waals surface area contributed by atoms with E-state index in [1.54, 1.807) is 21.9 Å². The first-order chi connectivity index (χ1) is 22.6. The lowest BCUT2D eigenvalue weighted by Gasteiger charge is -2.38. The Morgan fingerprint density at radius 3 is 2.31 bits per heavy atom. The van der Waals surface area contributed by atoms with Gasteiger partial charge in [-0.25, -0.2) is 18.2 Å². The summed E-state index contributed by atoms with van der Waals surface area (Å²) in [6.45, 7) is 12.6. The predicted molar refractivity (Wildman–Crippen MR) is 187 cm³/mol. The zero-order valence-electron chi connectivity index (χ0n) is 28.9. The van der Waals surface area contributed by atoms with Crippen LogP contribution in [0, 0.1) is 18.3 Å². The number of aliphatic hydroxyl groups is 1. The Morgan fingerprint density at radius 2 is 1.75 bits per heavy atom. The van der Waals surface area contributed by atoms with E-state index in [-0.39, 0.29) is 36.4 Å². The Morgan fingerprint density at radius 1 is 1.08 bits per heavy atom. The number of methoxy groups -OCH3 is 1. The number of benzene rings is 2. The Hall–Kier alpha value is -3.52. The fraction of sp³-hybridized carbons (Fsp3) is 0.514. The minimum Gasteiger partial charge on any atom is -0.497 e. The fourth-order valence-corrected chi connectivity index (χ4v) is 8.22. The smallest absolute Gasteiger partial charge is 0.321 e. The van der Waals surface area contributed by atoms with Crippen molar-refractivity contribution in [3.63, 3.8) is 0 Å². The third kappa shape index (κ3) is 9.34. The highest BCUT2D eigenvalue weighted by atomic mass is 32.2. The summed E-state index contributed by atoms with van der Waals surface area (Å²) in [7, 11) is -2.49. The molecule has 0 saturated carbocycles. The normalized spacial score (nSPS) is 16.0. The number of nitrogens with zero attached hydrogens (tertiary/aromatic N) is 4. The van der Waals surface area contributed by atoms with Gasteiger partial charge in [0.25, 0.3) is 0 Å². The quantitative estimate of drug-likeness (QED) is 0.238. The molecule has 2 aromatic carbocycles. The van der Waals surface area contributed by atoms with E-state index in [2.05, 4.69) is 10.3 Å². The lowest BCUT2D eigenvalue weighted by Crippen LogP contribution is -2.59. The Balaban J connectivity index is 1.59. The molecule has 1 aliphatic rings. The van der Waals surface area contributed by atoms with Crippen LogP contribution in [0.4, 0.5) is 4.79 Å². The van der Waals surface area contributed by atoms with Crippen molar-refractivity contribution in [2.45, 2.75) is 77.6 Å². The largest absolute Gasteiger partial charge is 0.497 e. The molecule has 3 aromatic rings. The molecule has 1 fully saturated rings. The SMILES string of the molecule is COc1ccc(S(=O)(=O)N(CC(C)C)C[C@@H](O)[C@H](Cc2ccccc2)NC(=O)[C@@H](N2CCN(Cc3csc(C)n3)C2=O)C(C)(C)C)cc1. The van der Waals surface area contributed by atoms with Crippen molar-refractivity contribution in [3.8, 4) is 5.75 Å². The Bertz CT molecular complexity index is 1620. The van der Waals surface area contributed by atoms with E-state index in [1.165, 1.54) is 34.9 Å². The summed E-state index contributed by atoms with van der Waals surface area (Å²) in [5.41, 5.74) is 1.03. The molecule has 1 saturated heterocycles. The Kier molecular flexibility index (Phi) is 12.3. The minimum atomic E-state index is -4.00. The van der Waals surface area contributed by atoms with E-state index in [9.17, 15) is 23.1 Å². The maximum atomic E-state index is 14.2. The number of aliphatic hydroxyl groups excluding tert-OH is 1. The molecular formula is C35H49N5O6S2. The molecule has 13 heteroatoms. The molecule has 3 atom stereocenters. The molecule has 0 bridgehead atoms. The number of ether oxygens (including phenoxy) is 1. The molecule has 262 valence electrons. The molecule has 1 aliphatic heterocycles. The summed E-state index contributed by atoms with van der Waals surface area (Å²) < 4.78 is 34.2. The van der Waals surface area contributed by atoms with Crippen molar-refractivity contribution >= 4 is 33.3 Å². The third-order valence-electron chi connectivity index (χ3n) is 8.27. The average molecular weight is 700 g/mol. The van der Waals surface area contributed by atoms with Gasteiger partial charge in [-0.2, -0.15) is 4.31 Å². The van der Waals surface area contributed by atoms with Gasteiger partial charge in [0.1, 0.15) is 11.8 Å². The van der Waals surface area contributed by atoms with Crippen LogP contribution in [0.15, 0.2) is 64.9 Å². The minimum absolute atomic E-state index is 0.0324. The van der Waals surface area contributed by atoms with Crippen LogP contribution in [0.1, 0.15) is 50.9 Å². The Labute approximate surface area is 289 Å². The predicted octanol–water partition coefficient (Wildman–Crippen LogP) is 4.55. The van der Waals surface area contributed by atoms with Gasteiger partial charge in [0.2, 0.25) is 15.9 Å². The van der Waals surface area contributed by atoms with Crippen LogP contribution >= 0.6 is 11.3 Å². The highest BCUT2D eigenvalue weighted by Gasteiger charge is 2.44. The molecule has 2 heterocycles. The summed E-state index contributed by atoms with van der Waals surface area (Å²) in [6, 6.07) is 13.6. The summed E-state index contributed by atoms with van der Waals surface area (Å²) in [5, 5.41) is 17.7. The van der Waals surface area contributed by atoms with Crippen LogP contribution in [0.5, 0.6) is 5.75 Å². The zero-order valence-corrected chi connectivity index (χ0v) is 30.6. The maximum absolute atomic E-state index is 14.2. The second-order valence-corrected chi connectivity index (χ2v) is 16.8. The van der Waals surface area contributed by atoms with E-state index in [0.29, 0.717) is 25.4 Å². The summed E-state index contributed by atoms with van der Waals surface area (Å²) in [4.78, 5) is 35.8. The number of carbonyl (C=O) groups is 2. The number of hydrogen-bond acceptors (Lipinski definition) is 8. The number of aryl methyl sites for hydroxylation is 1. The van der Waals surface area contributed by atoms with Crippen LogP contribution in [0.2, 0.25) is 0 Å². The number of sulfonamides is 1. The molecule has 11 nitrogen and oxygen atoms in total. The van der Waals surface area contributed by atoms with Crippen LogP contribution in [0.25, 0.3) is 0 Å². The number of aromatic nitrogens is 1. The van der Waals surface area contributed by atoms with Crippen molar-refractivity contribution < 1.29 is 27.9 Å². The molecule has 3 amide bonds. The van der Waals surface area contributed by atoms with Gasteiger partial charge in [0.05, 0.1) is 41.4 Å². The monoisotopic (exact) mass is 699 g/mol. The van der Waals surface area contributed by atoms with Crippen LogP contribution in [0.3, 0.4) is 0 Å². The summed E-state index contributed by atoms with van der Waals surface area (Å²) in [5.74, 6) is 0.0897. The highest BCUT2D eigenvalue weighted by molar-refractivity contribution is 7.89.